The Labute approximate surface area is 111 Å². The van der Waals surface area contributed by atoms with Gasteiger partial charge in [0.15, 0.2) is 0 Å². The van der Waals surface area contributed by atoms with Gasteiger partial charge in [-0.1, -0.05) is 18.2 Å². The summed E-state index contributed by atoms with van der Waals surface area (Å²) in [5, 5.41) is 4.56. The van der Waals surface area contributed by atoms with Crippen molar-refractivity contribution < 1.29 is 0 Å². The minimum atomic E-state index is 0.421. The first-order valence-electron chi connectivity index (χ1n) is 6.49. The number of hydrogen-bond donors (Lipinski definition) is 0. The van der Waals surface area contributed by atoms with E-state index in [2.05, 4.69) is 33.7 Å². The van der Waals surface area contributed by atoms with E-state index in [1.807, 2.05) is 41.6 Å². The molecule has 19 heavy (non-hydrogen) atoms. The molecule has 0 saturated carbocycles. The summed E-state index contributed by atoms with van der Waals surface area (Å²) in [6, 6.07) is 10.7. The normalized spacial score (nSPS) is 17.0. The van der Waals surface area contributed by atoms with E-state index in [1.165, 1.54) is 11.3 Å². The molecule has 0 spiro atoms. The Hall–Kier alpha value is -2.36. The Balaban J connectivity index is 1.93. The monoisotopic (exact) mass is 250 g/mol. The summed E-state index contributed by atoms with van der Waals surface area (Å²) in [6.45, 7) is 2.22. The van der Waals surface area contributed by atoms with Crippen molar-refractivity contribution in [2.24, 2.45) is 0 Å². The number of fused-ring (bicyclic) bond motifs is 3. The lowest BCUT2D eigenvalue weighted by Crippen LogP contribution is -2.16. The Morgan fingerprint density at radius 2 is 2.00 bits per heavy atom. The van der Waals surface area contributed by atoms with Gasteiger partial charge in [0.1, 0.15) is 0 Å². The predicted molar refractivity (Wildman–Crippen MR) is 73.2 cm³/mol. The fourth-order valence-corrected chi connectivity index (χ4v) is 2.82. The van der Waals surface area contributed by atoms with Crippen molar-refractivity contribution in [1.29, 1.82) is 0 Å². The van der Waals surface area contributed by atoms with Crippen LogP contribution in [0, 0.1) is 0 Å². The number of nitrogens with zero attached hydrogens (tertiary/aromatic N) is 4. The topological polar surface area (TPSA) is 35.6 Å². The molecule has 4 heteroatoms. The second-order valence-electron chi connectivity index (χ2n) is 4.99. The molecule has 0 aliphatic carbocycles. The Morgan fingerprint density at radius 1 is 1.16 bits per heavy atom. The zero-order valence-electron chi connectivity index (χ0n) is 10.7. The third kappa shape index (κ3) is 1.46. The average molecular weight is 250 g/mol. The van der Waals surface area contributed by atoms with Gasteiger partial charge in [0.05, 0.1) is 35.8 Å². The van der Waals surface area contributed by atoms with Crippen molar-refractivity contribution in [3.8, 4) is 16.9 Å². The van der Waals surface area contributed by atoms with Gasteiger partial charge in [-0.3, -0.25) is 0 Å². The van der Waals surface area contributed by atoms with E-state index < -0.39 is 0 Å². The Bertz CT molecular complexity index is 724. The lowest BCUT2D eigenvalue weighted by Gasteiger charge is -2.23. The molecular formula is C15H14N4. The van der Waals surface area contributed by atoms with E-state index >= 15 is 0 Å². The minimum absolute atomic E-state index is 0.421. The van der Waals surface area contributed by atoms with E-state index in [9.17, 15) is 0 Å². The fraction of sp³-hybridized carbons (Fsp3) is 0.200. The van der Waals surface area contributed by atoms with Gasteiger partial charge in [-0.05, 0) is 19.1 Å². The van der Waals surface area contributed by atoms with Crippen molar-refractivity contribution >= 4 is 0 Å². The van der Waals surface area contributed by atoms with E-state index in [-0.39, 0.29) is 0 Å². The zero-order chi connectivity index (χ0) is 12.8. The van der Waals surface area contributed by atoms with Crippen LogP contribution in [0.1, 0.15) is 18.7 Å². The lowest BCUT2D eigenvalue weighted by atomic mass is 10.0. The average Bonchev–Trinajstić information content (AvgIpc) is 3.05. The lowest BCUT2D eigenvalue weighted by molar-refractivity contribution is 0.522. The number of para-hydroxylation sites is 1. The molecule has 0 amide bonds. The van der Waals surface area contributed by atoms with Gasteiger partial charge in [-0.25, -0.2) is 9.67 Å². The van der Waals surface area contributed by atoms with Gasteiger partial charge in [-0.15, -0.1) is 0 Å². The molecule has 4 rings (SSSR count). The molecule has 1 atom stereocenters. The summed E-state index contributed by atoms with van der Waals surface area (Å²) in [5.74, 6) is 0. The minimum Gasteiger partial charge on any atom is -0.327 e. The molecule has 1 aliphatic rings. The SMILES string of the molecule is C[C@H]1Cc2c(cnn2-c2ccccc2)-c2cncn21. The van der Waals surface area contributed by atoms with Gasteiger partial charge >= 0.3 is 0 Å². The van der Waals surface area contributed by atoms with Crippen molar-refractivity contribution in [1.82, 2.24) is 19.3 Å². The number of imidazole rings is 1. The maximum absolute atomic E-state index is 4.56. The summed E-state index contributed by atoms with van der Waals surface area (Å²) in [7, 11) is 0. The standard InChI is InChI=1S/C15H14N4/c1-11-7-14-13(15-9-16-10-18(11)15)8-17-19(14)12-5-3-2-4-6-12/h2-6,8-11H,7H2,1H3/t11-/m0/s1. The molecule has 4 nitrogen and oxygen atoms in total. The maximum atomic E-state index is 4.56. The molecule has 1 aliphatic heterocycles. The van der Waals surface area contributed by atoms with Gasteiger partial charge < -0.3 is 4.57 Å². The van der Waals surface area contributed by atoms with Crippen LogP contribution >= 0.6 is 0 Å². The summed E-state index contributed by atoms with van der Waals surface area (Å²) in [4.78, 5) is 4.26. The highest BCUT2D eigenvalue weighted by Crippen LogP contribution is 2.34. The first-order chi connectivity index (χ1) is 9.34. The summed E-state index contributed by atoms with van der Waals surface area (Å²) < 4.78 is 4.27. The highest BCUT2D eigenvalue weighted by molar-refractivity contribution is 5.64. The Kier molecular flexibility index (Phi) is 2.12. The first kappa shape index (κ1) is 10.6. The highest BCUT2D eigenvalue weighted by atomic mass is 15.3. The molecule has 3 aromatic rings. The van der Waals surface area contributed by atoms with Crippen LogP contribution in [0.15, 0.2) is 49.1 Å². The molecule has 0 saturated heterocycles. The molecule has 0 fully saturated rings. The van der Waals surface area contributed by atoms with Crippen molar-refractivity contribution in [3.05, 3.63) is 54.7 Å². The van der Waals surface area contributed by atoms with Crippen LogP contribution in [0.3, 0.4) is 0 Å². The van der Waals surface area contributed by atoms with E-state index in [4.69, 9.17) is 0 Å². The van der Waals surface area contributed by atoms with Crippen LogP contribution in [0.4, 0.5) is 0 Å². The molecule has 94 valence electrons. The highest BCUT2D eigenvalue weighted by Gasteiger charge is 2.25. The number of rotatable bonds is 1. The number of benzene rings is 1. The number of aromatic nitrogens is 4. The van der Waals surface area contributed by atoms with Crippen LogP contribution in [0.25, 0.3) is 16.9 Å². The van der Waals surface area contributed by atoms with E-state index in [0.29, 0.717) is 6.04 Å². The third-order valence-electron chi connectivity index (χ3n) is 3.78. The zero-order valence-corrected chi connectivity index (χ0v) is 10.7. The molecule has 2 aromatic heterocycles. The predicted octanol–water partition coefficient (Wildman–Crippen LogP) is 2.85. The van der Waals surface area contributed by atoms with E-state index in [1.54, 1.807) is 0 Å². The van der Waals surface area contributed by atoms with Crippen LogP contribution in [0.2, 0.25) is 0 Å². The second kappa shape index (κ2) is 3.82. The smallest absolute Gasteiger partial charge is 0.0953 e. The van der Waals surface area contributed by atoms with Crippen LogP contribution < -0.4 is 0 Å². The van der Waals surface area contributed by atoms with Crippen molar-refractivity contribution in [3.63, 3.8) is 0 Å². The molecule has 0 unspecified atom stereocenters. The van der Waals surface area contributed by atoms with Gasteiger partial charge in [-0.2, -0.15) is 5.10 Å². The first-order valence-corrected chi connectivity index (χ1v) is 6.49. The fourth-order valence-electron chi connectivity index (χ4n) is 2.82. The molecule has 0 radical (unpaired) electrons. The van der Waals surface area contributed by atoms with Crippen molar-refractivity contribution in [2.75, 3.05) is 0 Å². The molecule has 0 bridgehead atoms. The van der Waals surface area contributed by atoms with Gasteiger partial charge in [0.2, 0.25) is 0 Å². The molecule has 3 heterocycles. The Morgan fingerprint density at radius 3 is 2.84 bits per heavy atom. The summed E-state index contributed by atoms with van der Waals surface area (Å²) >= 11 is 0. The summed E-state index contributed by atoms with van der Waals surface area (Å²) in [5.41, 5.74) is 4.74. The molecule has 1 aromatic carbocycles. The van der Waals surface area contributed by atoms with Crippen LogP contribution in [-0.4, -0.2) is 19.3 Å². The molecule has 0 N–H and O–H groups in total. The quantitative estimate of drug-likeness (QED) is 0.665. The van der Waals surface area contributed by atoms with Crippen LogP contribution in [0.5, 0.6) is 0 Å². The third-order valence-corrected chi connectivity index (χ3v) is 3.78. The van der Waals surface area contributed by atoms with E-state index in [0.717, 1.165) is 17.8 Å². The maximum Gasteiger partial charge on any atom is 0.0953 e. The molecular weight excluding hydrogens is 236 g/mol. The van der Waals surface area contributed by atoms with Crippen molar-refractivity contribution in [2.45, 2.75) is 19.4 Å². The van der Waals surface area contributed by atoms with Crippen LogP contribution in [-0.2, 0) is 6.42 Å². The van der Waals surface area contributed by atoms with Gasteiger partial charge in [0, 0.05) is 18.0 Å². The summed E-state index contributed by atoms with van der Waals surface area (Å²) in [6.07, 6.45) is 6.75. The second-order valence-corrected chi connectivity index (χ2v) is 4.99. The largest absolute Gasteiger partial charge is 0.327 e. The number of hydrogen-bond acceptors (Lipinski definition) is 2. The van der Waals surface area contributed by atoms with Gasteiger partial charge in [0.25, 0.3) is 0 Å².